The molecule has 0 radical (unpaired) electrons. The zero-order chi connectivity index (χ0) is 16.8. The van der Waals surface area contributed by atoms with Gasteiger partial charge in [0.25, 0.3) is 0 Å². The molecule has 2 rings (SSSR count). The molecule has 2 atom stereocenters. The summed E-state index contributed by atoms with van der Waals surface area (Å²) in [5.41, 5.74) is 9.21. The minimum absolute atomic E-state index is 0. The highest BCUT2D eigenvalue weighted by atomic mass is 35.5. The molecular weight excluding hydrogens is 349 g/mol. The van der Waals surface area contributed by atoms with Crippen LogP contribution in [-0.4, -0.2) is 32.3 Å². The van der Waals surface area contributed by atoms with Crippen LogP contribution in [0.5, 0.6) is 0 Å². The Balaban J connectivity index is 0.00000288. The summed E-state index contributed by atoms with van der Waals surface area (Å²) in [6.45, 7) is 0. The van der Waals surface area contributed by atoms with Gasteiger partial charge < -0.3 is 15.2 Å². The Bertz CT molecular complexity index is 662. The predicted octanol–water partition coefficient (Wildman–Crippen LogP) is 3.49. The van der Waals surface area contributed by atoms with Gasteiger partial charge in [-0.2, -0.15) is 0 Å². The van der Waals surface area contributed by atoms with Crippen LogP contribution in [0.15, 0.2) is 48.5 Å². The number of halogens is 2. The second kappa shape index (κ2) is 9.64. The number of carbonyl (C=O) groups is 1. The van der Waals surface area contributed by atoms with Crippen molar-refractivity contribution in [2.24, 2.45) is 5.73 Å². The monoisotopic (exact) mass is 369 g/mol. The maximum atomic E-state index is 11.6. The van der Waals surface area contributed by atoms with E-state index in [1.54, 1.807) is 0 Å². The summed E-state index contributed by atoms with van der Waals surface area (Å²) in [7, 11) is 2.77. The van der Waals surface area contributed by atoms with Crippen molar-refractivity contribution in [2.45, 2.75) is 18.6 Å². The van der Waals surface area contributed by atoms with Crippen molar-refractivity contribution in [3.05, 3.63) is 59.1 Å². The molecule has 0 fully saturated rings. The summed E-state index contributed by atoms with van der Waals surface area (Å²) in [6.07, 6.45) is -0.253. The topological polar surface area (TPSA) is 61.5 Å². The molecule has 0 saturated carbocycles. The van der Waals surface area contributed by atoms with Crippen molar-refractivity contribution < 1.29 is 14.3 Å². The molecule has 130 valence electrons. The molecule has 0 aliphatic heterocycles. The number of benzene rings is 2. The lowest BCUT2D eigenvalue weighted by molar-refractivity contribution is -0.153. The lowest BCUT2D eigenvalue weighted by Crippen LogP contribution is -2.44. The highest BCUT2D eigenvalue weighted by Gasteiger charge is 2.26. The average molecular weight is 370 g/mol. The predicted molar refractivity (Wildman–Crippen MR) is 98.6 cm³/mol. The Morgan fingerprint density at radius 2 is 1.79 bits per heavy atom. The quantitative estimate of drug-likeness (QED) is 0.791. The number of rotatable bonds is 6. The van der Waals surface area contributed by atoms with Gasteiger partial charge in [0.05, 0.1) is 7.11 Å². The molecule has 6 heteroatoms. The van der Waals surface area contributed by atoms with Crippen LogP contribution in [0.25, 0.3) is 11.1 Å². The van der Waals surface area contributed by atoms with E-state index in [-0.39, 0.29) is 12.4 Å². The van der Waals surface area contributed by atoms with E-state index in [0.29, 0.717) is 11.4 Å². The number of carbonyl (C=O) groups excluding carboxylic acids is 1. The first-order valence-electron chi connectivity index (χ1n) is 7.26. The van der Waals surface area contributed by atoms with Gasteiger partial charge in [-0.25, -0.2) is 4.79 Å². The number of nitrogens with two attached hydrogens (primary N) is 1. The van der Waals surface area contributed by atoms with Gasteiger partial charge in [0.2, 0.25) is 0 Å². The third-order valence-corrected chi connectivity index (χ3v) is 3.89. The van der Waals surface area contributed by atoms with Gasteiger partial charge in [-0.05, 0) is 35.2 Å². The van der Waals surface area contributed by atoms with Crippen molar-refractivity contribution in [3.8, 4) is 11.1 Å². The number of methoxy groups -OCH3 is 2. The zero-order valence-electron chi connectivity index (χ0n) is 13.6. The molecule has 4 nitrogen and oxygen atoms in total. The van der Waals surface area contributed by atoms with E-state index >= 15 is 0 Å². The van der Waals surface area contributed by atoms with Gasteiger partial charge in [-0.1, -0.05) is 48.0 Å². The highest BCUT2D eigenvalue weighted by molar-refractivity contribution is 6.30. The van der Waals surface area contributed by atoms with Crippen molar-refractivity contribution >= 4 is 30.0 Å². The van der Waals surface area contributed by atoms with Gasteiger partial charge in [0.15, 0.2) is 6.10 Å². The summed E-state index contributed by atoms with van der Waals surface area (Å²) in [6, 6.07) is 15.2. The smallest absolute Gasteiger partial charge is 0.336 e. The first kappa shape index (κ1) is 20.5. The minimum Gasteiger partial charge on any atom is -0.467 e. The first-order valence-corrected chi connectivity index (χ1v) is 7.64. The van der Waals surface area contributed by atoms with Crippen molar-refractivity contribution in [1.82, 2.24) is 0 Å². The molecule has 2 aromatic rings. The number of esters is 1. The van der Waals surface area contributed by atoms with Gasteiger partial charge >= 0.3 is 5.97 Å². The second-order valence-electron chi connectivity index (χ2n) is 5.25. The SMILES string of the molecule is COC(=O)[C@@H](OC)[C@H](N)Cc1ccc(-c2cccc(Cl)c2)cc1.Cl. The van der Waals surface area contributed by atoms with Crippen LogP contribution in [-0.2, 0) is 20.7 Å². The Labute approximate surface area is 153 Å². The van der Waals surface area contributed by atoms with Crippen LogP contribution >= 0.6 is 24.0 Å². The van der Waals surface area contributed by atoms with Crippen LogP contribution in [0.1, 0.15) is 5.56 Å². The summed E-state index contributed by atoms with van der Waals surface area (Å²) in [5.74, 6) is -0.462. The van der Waals surface area contributed by atoms with Crippen LogP contribution in [0, 0.1) is 0 Å². The fourth-order valence-electron chi connectivity index (χ4n) is 2.44. The molecule has 0 amide bonds. The molecule has 2 N–H and O–H groups in total. The minimum atomic E-state index is -0.771. The summed E-state index contributed by atoms with van der Waals surface area (Å²) >= 11 is 6.01. The Hall–Kier alpha value is -1.59. The standard InChI is InChI=1S/C18H20ClNO3.ClH/c1-22-17(18(21)23-2)16(20)10-12-6-8-13(9-7-12)14-4-3-5-15(19)11-14;/h3-9,11,16-17H,10,20H2,1-2H3;1H/t16-,17+;/m1./s1. The molecule has 2 aromatic carbocycles. The van der Waals surface area contributed by atoms with Gasteiger partial charge in [0.1, 0.15) is 0 Å². The van der Waals surface area contributed by atoms with Crippen molar-refractivity contribution in [3.63, 3.8) is 0 Å². The Morgan fingerprint density at radius 3 is 2.33 bits per heavy atom. The molecule has 0 aliphatic rings. The van der Waals surface area contributed by atoms with Crippen LogP contribution < -0.4 is 5.73 Å². The molecule has 0 unspecified atom stereocenters. The van der Waals surface area contributed by atoms with Crippen LogP contribution in [0.4, 0.5) is 0 Å². The lowest BCUT2D eigenvalue weighted by Gasteiger charge is -2.20. The van der Waals surface area contributed by atoms with Crippen LogP contribution in [0.2, 0.25) is 5.02 Å². The number of ether oxygens (including phenoxy) is 2. The first-order chi connectivity index (χ1) is 11.0. The lowest BCUT2D eigenvalue weighted by atomic mass is 9.99. The summed E-state index contributed by atoms with van der Waals surface area (Å²) in [5, 5.41) is 0.703. The largest absolute Gasteiger partial charge is 0.467 e. The van der Waals surface area contributed by atoms with E-state index in [0.717, 1.165) is 16.7 Å². The third kappa shape index (κ3) is 5.21. The van der Waals surface area contributed by atoms with E-state index in [4.69, 9.17) is 26.8 Å². The molecule has 0 spiro atoms. The van der Waals surface area contributed by atoms with E-state index in [1.807, 2.05) is 48.5 Å². The normalized spacial score (nSPS) is 12.8. The third-order valence-electron chi connectivity index (χ3n) is 3.66. The molecule has 0 heterocycles. The zero-order valence-corrected chi connectivity index (χ0v) is 15.1. The second-order valence-corrected chi connectivity index (χ2v) is 5.69. The maximum absolute atomic E-state index is 11.6. The van der Waals surface area contributed by atoms with Crippen molar-refractivity contribution in [2.75, 3.05) is 14.2 Å². The number of hydrogen-bond acceptors (Lipinski definition) is 4. The molecule has 0 aliphatic carbocycles. The van der Waals surface area contributed by atoms with Gasteiger partial charge in [-0.15, -0.1) is 12.4 Å². The number of hydrogen-bond donors (Lipinski definition) is 1. The molecule has 24 heavy (non-hydrogen) atoms. The summed E-state index contributed by atoms with van der Waals surface area (Å²) < 4.78 is 9.82. The average Bonchev–Trinajstić information content (AvgIpc) is 2.56. The van der Waals surface area contributed by atoms with Gasteiger partial charge in [0, 0.05) is 18.2 Å². The van der Waals surface area contributed by atoms with E-state index < -0.39 is 18.1 Å². The Morgan fingerprint density at radius 1 is 1.12 bits per heavy atom. The van der Waals surface area contributed by atoms with Crippen molar-refractivity contribution in [1.29, 1.82) is 0 Å². The summed E-state index contributed by atoms with van der Waals surface area (Å²) in [4.78, 5) is 11.6. The highest BCUT2D eigenvalue weighted by Crippen LogP contribution is 2.23. The molecule has 0 aromatic heterocycles. The van der Waals surface area contributed by atoms with E-state index in [2.05, 4.69) is 0 Å². The molecular formula is C18H21Cl2NO3. The Kier molecular flexibility index (Phi) is 8.22. The molecule has 0 bridgehead atoms. The molecule has 0 saturated heterocycles. The maximum Gasteiger partial charge on any atom is 0.336 e. The van der Waals surface area contributed by atoms with E-state index in [9.17, 15) is 4.79 Å². The fraction of sp³-hybridized carbons (Fsp3) is 0.278. The fourth-order valence-corrected chi connectivity index (χ4v) is 2.63. The van der Waals surface area contributed by atoms with Crippen LogP contribution in [0.3, 0.4) is 0 Å². The van der Waals surface area contributed by atoms with Gasteiger partial charge in [-0.3, -0.25) is 0 Å². The van der Waals surface area contributed by atoms with E-state index in [1.165, 1.54) is 14.2 Å².